The predicted molar refractivity (Wildman–Crippen MR) is 181 cm³/mol. The van der Waals surface area contributed by atoms with Crippen molar-refractivity contribution in [1.29, 1.82) is 0 Å². The maximum Gasteiger partial charge on any atom is 0.0886 e. The number of rotatable bonds is 5. The van der Waals surface area contributed by atoms with Gasteiger partial charge in [-0.15, -0.1) is 0 Å². The van der Waals surface area contributed by atoms with E-state index in [-0.39, 0.29) is 6.04 Å². The zero-order valence-corrected chi connectivity index (χ0v) is 23.9. The molecule has 7 aromatic rings. The standard InChI is InChI=1S/C40H28N4/c1-2-10-27(11-3-1)28-16-19-33-34(24-28)40(30-18-21-38(44-26-30)36-15-7-9-23-42-36)32-13-5-4-12-31(32)39(33)29-17-20-37(43-25-29)35-14-6-8-22-41-35/h1-26,35,41H. The lowest BCUT2D eigenvalue weighted by Crippen LogP contribution is -2.16. The number of dihydropyridines is 1. The fraction of sp³-hybridized carbons (Fsp3) is 0.0250. The summed E-state index contributed by atoms with van der Waals surface area (Å²) in [5.74, 6) is 0. The van der Waals surface area contributed by atoms with E-state index in [1.807, 2.05) is 42.9 Å². The summed E-state index contributed by atoms with van der Waals surface area (Å²) < 4.78 is 0. The van der Waals surface area contributed by atoms with E-state index >= 15 is 0 Å². The van der Waals surface area contributed by atoms with Crippen LogP contribution in [-0.4, -0.2) is 15.0 Å². The molecule has 4 heterocycles. The van der Waals surface area contributed by atoms with Gasteiger partial charge in [0.25, 0.3) is 0 Å². The topological polar surface area (TPSA) is 50.7 Å². The van der Waals surface area contributed by atoms with Crippen LogP contribution in [0.15, 0.2) is 158 Å². The number of pyridine rings is 3. The van der Waals surface area contributed by atoms with Crippen molar-refractivity contribution in [2.75, 3.05) is 0 Å². The fourth-order valence-corrected chi connectivity index (χ4v) is 6.18. The quantitative estimate of drug-likeness (QED) is 0.212. The zero-order valence-electron chi connectivity index (χ0n) is 23.9. The Morgan fingerprint density at radius 1 is 0.477 bits per heavy atom. The number of nitrogens with zero attached hydrogens (tertiary/aromatic N) is 3. The summed E-state index contributed by atoms with van der Waals surface area (Å²) in [6, 6.07) is 40.6. The average molecular weight is 565 g/mol. The van der Waals surface area contributed by atoms with Crippen LogP contribution in [0.4, 0.5) is 0 Å². The number of fused-ring (bicyclic) bond motifs is 2. The van der Waals surface area contributed by atoms with E-state index in [2.05, 4.69) is 120 Å². The van der Waals surface area contributed by atoms with Gasteiger partial charge < -0.3 is 5.32 Å². The third kappa shape index (κ3) is 4.63. The molecule has 1 unspecified atom stereocenters. The highest BCUT2D eigenvalue weighted by Gasteiger charge is 2.19. The first-order chi connectivity index (χ1) is 21.8. The molecule has 3 aromatic heterocycles. The molecule has 44 heavy (non-hydrogen) atoms. The van der Waals surface area contributed by atoms with Crippen LogP contribution in [0.2, 0.25) is 0 Å². The van der Waals surface area contributed by atoms with E-state index in [0.29, 0.717) is 0 Å². The highest BCUT2D eigenvalue weighted by Crippen LogP contribution is 2.44. The van der Waals surface area contributed by atoms with Crippen molar-refractivity contribution in [2.45, 2.75) is 6.04 Å². The molecule has 0 bridgehead atoms. The molecule has 0 aliphatic carbocycles. The molecule has 208 valence electrons. The number of aromatic nitrogens is 3. The number of nitrogens with one attached hydrogen (secondary N) is 1. The summed E-state index contributed by atoms with van der Waals surface area (Å²) >= 11 is 0. The normalized spacial score (nSPS) is 14.1. The van der Waals surface area contributed by atoms with Gasteiger partial charge in [0.2, 0.25) is 0 Å². The SMILES string of the molecule is C1=CNC(c2ccc(-c3c4ccccc4c(-c4ccc(-c5ccccn5)nc4)c4cc(-c5ccccc5)ccc34)cn2)C=C1. The second-order valence-corrected chi connectivity index (χ2v) is 10.9. The number of hydrogen-bond donors (Lipinski definition) is 1. The number of benzene rings is 4. The Kier molecular flexibility index (Phi) is 6.50. The molecule has 4 nitrogen and oxygen atoms in total. The lowest BCUT2D eigenvalue weighted by atomic mass is 9.85. The van der Waals surface area contributed by atoms with Gasteiger partial charge in [-0.25, -0.2) is 0 Å². The van der Waals surface area contributed by atoms with E-state index in [0.717, 1.165) is 28.2 Å². The lowest BCUT2D eigenvalue weighted by molar-refractivity contribution is 0.721. The zero-order chi connectivity index (χ0) is 29.3. The molecule has 0 saturated carbocycles. The van der Waals surface area contributed by atoms with E-state index < -0.39 is 0 Å². The third-order valence-corrected chi connectivity index (χ3v) is 8.29. The van der Waals surface area contributed by atoms with Crippen LogP contribution in [-0.2, 0) is 0 Å². The highest BCUT2D eigenvalue weighted by atomic mass is 14.9. The Labute approximate surface area is 256 Å². The van der Waals surface area contributed by atoms with Gasteiger partial charge in [-0.1, -0.05) is 97.1 Å². The van der Waals surface area contributed by atoms with Gasteiger partial charge in [0.05, 0.1) is 23.1 Å². The first-order valence-corrected chi connectivity index (χ1v) is 14.8. The van der Waals surface area contributed by atoms with Crippen LogP contribution in [0.25, 0.3) is 66.3 Å². The third-order valence-electron chi connectivity index (χ3n) is 8.29. The van der Waals surface area contributed by atoms with Gasteiger partial charge in [0.1, 0.15) is 0 Å². The van der Waals surface area contributed by atoms with Crippen molar-refractivity contribution >= 4 is 21.5 Å². The molecule has 0 radical (unpaired) electrons. The molecule has 1 aliphatic heterocycles. The van der Waals surface area contributed by atoms with Crippen LogP contribution in [0.5, 0.6) is 0 Å². The Morgan fingerprint density at radius 2 is 1.16 bits per heavy atom. The summed E-state index contributed by atoms with van der Waals surface area (Å²) in [5.41, 5.74) is 9.59. The molecule has 0 spiro atoms. The van der Waals surface area contributed by atoms with E-state index in [4.69, 9.17) is 9.97 Å². The molecule has 4 aromatic carbocycles. The molecule has 0 fully saturated rings. The fourth-order valence-electron chi connectivity index (χ4n) is 6.18. The monoisotopic (exact) mass is 564 g/mol. The summed E-state index contributed by atoms with van der Waals surface area (Å²) in [4.78, 5) is 14.3. The van der Waals surface area contributed by atoms with Crippen molar-refractivity contribution < 1.29 is 0 Å². The minimum Gasteiger partial charge on any atom is -0.379 e. The van der Waals surface area contributed by atoms with Crippen molar-refractivity contribution in [3.63, 3.8) is 0 Å². The molecule has 0 saturated heterocycles. The molecular weight excluding hydrogens is 536 g/mol. The van der Waals surface area contributed by atoms with E-state index in [1.165, 1.54) is 43.8 Å². The molecule has 8 rings (SSSR count). The molecule has 0 amide bonds. The Bertz CT molecular complexity index is 2170. The number of hydrogen-bond acceptors (Lipinski definition) is 4. The average Bonchev–Trinajstić information content (AvgIpc) is 3.12. The molecular formula is C40H28N4. The molecule has 1 aliphatic rings. The maximum atomic E-state index is 4.91. The minimum absolute atomic E-state index is 0.0694. The predicted octanol–water partition coefficient (Wildman–Crippen LogP) is 9.56. The molecule has 1 atom stereocenters. The van der Waals surface area contributed by atoms with Crippen LogP contribution >= 0.6 is 0 Å². The van der Waals surface area contributed by atoms with Gasteiger partial charge in [-0.05, 0) is 86.4 Å². The second-order valence-electron chi connectivity index (χ2n) is 10.9. The summed E-state index contributed by atoms with van der Waals surface area (Å²) in [7, 11) is 0. The Morgan fingerprint density at radius 3 is 1.84 bits per heavy atom. The second kappa shape index (κ2) is 11.1. The Hall–Kier alpha value is -5.87. The van der Waals surface area contributed by atoms with Crippen molar-refractivity contribution in [2.24, 2.45) is 0 Å². The van der Waals surface area contributed by atoms with Gasteiger partial charge in [-0.3, -0.25) is 15.0 Å². The van der Waals surface area contributed by atoms with E-state index in [9.17, 15) is 0 Å². The first kappa shape index (κ1) is 25.8. The molecule has 1 N–H and O–H groups in total. The van der Waals surface area contributed by atoms with Crippen molar-refractivity contribution in [1.82, 2.24) is 20.3 Å². The van der Waals surface area contributed by atoms with Crippen LogP contribution < -0.4 is 5.32 Å². The summed E-state index contributed by atoms with van der Waals surface area (Å²) in [6.07, 6.45) is 13.9. The van der Waals surface area contributed by atoms with Gasteiger partial charge in [0.15, 0.2) is 0 Å². The maximum absolute atomic E-state index is 4.91. The smallest absolute Gasteiger partial charge is 0.0886 e. The molecule has 4 heteroatoms. The largest absolute Gasteiger partial charge is 0.379 e. The van der Waals surface area contributed by atoms with Crippen molar-refractivity contribution in [3.05, 3.63) is 164 Å². The number of allylic oxidation sites excluding steroid dienone is 2. The van der Waals surface area contributed by atoms with Crippen molar-refractivity contribution in [3.8, 4) is 44.8 Å². The van der Waals surface area contributed by atoms with Gasteiger partial charge in [-0.2, -0.15) is 0 Å². The van der Waals surface area contributed by atoms with Gasteiger partial charge in [0, 0.05) is 29.7 Å². The lowest BCUT2D eigenvalue weighted by Gasteiger charge is -2.19. The van der Waals surface area contributed by atoms with Crippen LogP contribution in [0.3, 0.4) is 0 Å². The van der Waals surface area contributed by atoms with Crippen LogP contribution in [0, 0.1) is 0 Å². The summed E-state index contributed by atoms with van der Waals surface area (Å²) in [6.45, 7) is 0. The highest BCUT2D eigenvalue weighted by molar-refractivity contribution is 6.21. The van der Waals surface area contributed by atoms with Crippen LogP contribution in [0.1, 0.15) is 11.7 Å². The first-order valence-electron chi connectivity index (χ1n) is 14.8. The summed E-state index contributed by atoms with van der Waals surface area (Å²) in [5, 5.41) is 8.10. The van der Waals surface area contributed by atoms with E-state index in [1.54, 1.807) is 6.20 Å². The minimum atomic E-state index is 0.0694. The van der Waals surface area contributed by atoms with Gasteiger partial charge >= 0.3 is 0 Å². The Balaban J connectivity index is 1.36.